The number of carbonyl (C=O) groups excluding carboxylic acids is 1. The van der Waals surface area contributed by atoms with Gasteiger partial charge in [-0.3, -0.25) is 0 Å². The summed E-state index contributed by atoms with van der Waals surface area (Å²) in [5, 5.41) is 11.6. The lowest BCUT2D eigenvalue weighted by atomic mass is 10.1. The number of hydrogen-bond acceptors (Lipinski definition) is 4. The van der Waals surface area contributed by atoms with Crippen molar-refractivity contribution >= 4 is 39.0 Å². The number of fused-ring (bicyclic) bond motifs is 1. The highest BCUT2D eigenvalue weighted by molar-refractivity contribution is 7.17. The first-order valence-electron chi connectivity index (χ1n) is 4.37. The second-order valence-electron chi connectivity index (χ2n) is 3.05. The summed E-state index contributed by atoms with van der Waals surface area (Å²) in [6.07, 6.45) is 0. The highest BCUT2D eigenvalue weighted by Gasteiger charge is 2.17. The molecule has 0 radical (unpaired) electrons. The third kappa shape index (κ3) is 1.54. The normalized spacial score (nSPS) is 10.1. The molecule has 0 atom stereocenters. The molecule has 0 aliphatic rings. The number of halogens is 1. The summed E-state index contributed by atoms with van der Waals surface area (Å²) >= 11 is 7.30. The summed E-state index contributed by atoms with van der Waals surface area (Å²) < 4.78 is 5.51. The van der Waals surface area contributed by atoms with Crippen LogP contribution in [0.2, 0.25) is 5.02 Å². The number of esters is 1. The van der Waals surface area contributed by atoms with Crippen LogP contribution in [0.5, 0.6) is 0 Å². The Morgan fingerprint density at radius 3 is 2.94 bits per heavy atom. The number of hydrogen-bond donors (Lipinski definition) is 0. The minimum absolute atomic E-state index is 0.320. The summed E-state index contributed by atoms with van der Waals surface area (Å²) in [5.74, 6) is -0.454. The quantitative estimate of drug-likeness (QED) is 0.731. The van der Waals surface area contributed by atoms with Crippen LogP contribution in [0.1, 0.15) is 15.9 Å². The number of ether oxygens (including phenoxy) is 1. The van der Waals surface area contributed by atoms with Gasteiger partial charge in [0.25, 0.3) is 0 Å². The van der Waals surface area contributed by atoms with Crippen LogP contribution < -0.4 is 0 Å². The van der Waals surface area contributed by atoms with Crippen LogP contribution in [0.25, 0.3) is 10.1 Å². The van der Waals surface area contributed by atoms with E-state index in [9.17, 15) is 4.79 Å². The molecule has 5 heteroatoms. The fourth-order valence-electron chi connectivity index (χ4n) is 1.47. The Bertz CT molecular complexity index is 612. The van der Waals surface area contributed by atoms with Crippen molar-refractivity contribution in [1.82, 2.24) is 0 Å². The van der Waals surface area contributed by atoms with Crippen LogP contribution in [0.15, 0.2) is 17.5 Å². The molecular formula is C11H6ClNO2S. The number of carbonyl (C=O) groups is 1. The standard InChI is InChI=1S/C11H6ClNO2S/c1-15-11(14)7-5-16-9-3-2-8(12)6(4-13)10(7)9/h2-3,5H,1H3. The van der Waals surface area contributed by atoms with Gasteiger partial charge >= 0.3 is 5.97 Å². The number of rotatable bonds is 1. The lowest BCUT2D eigenvalue weighted by molar-refractivity contribution is 0.0603. The number of methoxy groups -OCH3 is 1. The number of nitriles is 1. The van der Waals surface area contributed by atoms with Gasteiger partial charge in [0, 0.05) is 15.5 Å². The molecule has 0 saturated carbocycles. The summed E-state index contributed by atoms with van der Waals surface area (Å²) in [6.45, 7) is 0. The van der Waals surface area contributed by atoms with Gasteiger partial charge in [-0.05, 0) is 12.1 Å². The molecule has 0 N–H and O–H groups in total. The molecule has 0 spiro atoms. The van der Waals surface area contributed by atoms with E-state index >= 15 is 0 Å². The van der Waals surface area contributed by atoms with E-state index in [1.165, 1.54) is 18.4 Å². The Kier molecular flexibility index (Phi) is 2.82. The minimum atomic E-state index is -0.454. The van der Waals surface area contributed by atoms with E-state index in [4.69, 9.17) is 16.9 Å². The zero-order valence-corrected chi connectivity index (χ0v) is 9.85. The van der Waals surface area contributed by atoms with Gasteiger partial charge in [-0.1, -0.05) is 11.6 Å². The second-order valence-corrected chi connectivity index (χ2v) is 4.37. The lowest BCUT2D eigenvalue weighted by Gasteiger charge is -2.00. The predicted octanol–water partition coefficient (Wildman–Crippen LogP) is 3.21. The maximum absolute atomic E-state index is 11.5. The molecule has 0 unspecified atom stereocenters. The van der Waals surface area contributed by atoms with E-state index in [0.717, 1.165) is 4.70 Å². The summed E-state index contributed by atoms with van der Waals surface area (Å²) in [6, 6.07) is 5.45. The van der Waals surface area contributed by atoms with Crippen molar-refractivity contribution in [3.8, 4) is 6.07 Å². The van der Waals surface area contributed by atoms with Crippen LogP contribution in [0, 0.1) is 11.3 Å². The van der Waals surface area contributed by atoms with Crippen molar-refractivity contribution in [2.75, 3.05) is 7.11 Å². The Hall–Kier alpha value is -1.57. The molecule has 2 rings (SSSR count). The first-order chi connectivity index (χ1) is 7.69. The topological polar surface area (TPSA) is 50.1 Å². The van der Waals surface area contributed by atoms with Gasteiger partial charge in [-0.25, -0.2) is 4.79 Å². The van der Waals surface area contributed by atoms with E-state index in [0.29, 0.717) is 21.5 Å². The van der Waals surface area contributed by atoms with Crippen molar-refractivity contribution in [3.63, 3.8) is 0 Å². The molecule has 0 saturated heterocycles. The van der Waals surface area contributed by atoms with E-state index in [1.54, 1.807) is 17.5 Å². The maximum atomic E-state index is 11.5. The molecule has 1 aromatic carbocycles. The van der Waals surface area contributed by atoms with Gasteiger partial charge in [0.2, 0.25) is 0 Å². The van der Waals surface area contributed by atoms with Crippen molar-refractivity contribution in [3.05, 3.63) is 33.7 Å². The lowest BCUT2D eigenvalue weighted by Crippen LogP contribution is -2.00. The van der Waals surface area contributed by atoms with Crippen LogP contribution in [-0.4, -0.2) is 13.1 Å². The second kappa shape index (κ2) is 4.12. The summed E-state index contributed by atoms with van der Waals surface area (Å²) in [4.78, 5) is 11.5. The average Bonchev–Trinajstić information content (AvgIpc) is 2.72. The molecule has 1 aromatic heterocycles. The van der Waals surface area contributed by atoms with Crippen LogP contribution in [-0.2, 0) is 4.74 Å². The van der Waals surface area contributed by atoms with Crippen molar-refractivity contribution in [2.24, 2.45) is 0 Å². The van der Waals surface area contributed by atoms with Crippen molar-refractivity contribution in [2.45, 2.75) is 0 Å². The molecule has 0 bridgehead atoms. The fourth-order valence-corrected chi connectivity index (χ4v) is 2.61. The molecule has 0 aliphatic carbocycles. The molecule has 3 nitrogen and oxygen atoms in total. The highest BCUT2D eigenvalue weighted by Crippen LogP contribution is 2.33. The smallest absolute Gasteiger partial charge is 0.339 e. The van der Waals surface area contributed by atoms with Crippen LogP contribution in [0.4, 0.5) is 0 Å². The maximum Gasteiger partial charge on any atom is 0.339 e. The molecule has 0 aliphatic heterocycles. The van der Waals surface area contributed by atoms with E-state index in [-0.39, 0.29) is 0 Å². The molecule has 2 aromatic rings. The van der Waals surface area contributed by atoms with Crippen LogP contribution in [0.3, 0.4) is 0 Å². The molecule has 80 valence electrons. The predicted molar refractivity (Wildman–Crippen MR) is 62.9 cm³/mol. The minimum Gasteiger partial charge on any atom is -0.465 e. The van der Waals surface area contributed by atoms with Crippen molar-refractivity contribution < 1.29 is 9.53 Å². The molecular weight excluding hydrogens is 246 g/mol. The van der Waals surface area contributed by atoms with E-state index in [2.05, 4.69) is 4.74 Å². The summed E-state index contributed by atoms with van der Waals surface area (Å²) in [5.41, 5.74) is 0.711. The van der Waals surface area contributed by atoms with Gasteiger partial charge in [0.05, 0.1) is 23.3 Å². The van der Waals surface area contributed by atoms with Crippen molar-refractivity contribution in [1.29, 1.82) is 5.26 Å². The number of benzene rings is 1. The third-order valence-corrected chi connectivity index (χ3v) is 3.47. The molecule has 16 heavy (non-hydrogen) atoms. The van der Waals surface area contributed by atoms with Gasteiger partial charge in [0.15, 0.2) is 0 Å². The SMILES string of the molecule is COC(=O)c1csc2ccc(Cl)c(C#N)c12. The molecule has 0 fully saturated rings. The van der Waals surface area contributed by atoms with Gasteiger partial charge < -0.3 is 4.74 Å². The van der Waals surface area contributed by atoms with Gasteiger partial charge in [-0.15, -0.1) is 11.3 Å². The monoisotopic (exact) mass is 251 g/mol. The van der Waals surface area contributed by atoms with Crippen LogP contribution >= 0.6 is 22.9 Å². The highest BCUT2D eigenvalue weighted by atomic mass is 35.5. The Balaban J connectivity index is 2.84. The summed E-state index contributed by atoms with van der Waals surface area (Å²) in [7, 11) is 1.31. The third-order valence-electron chi connectivity index (χ3n) is 2.21. The zero-order valence-electron chi connectivity index (χ0n) is 8.28. The Labute approximate surface area is 101 Å². The molecule has 0 amide bonds. The fraction of sp³-hybridized carbons (Fsp3) is 0.0909. The average molecular weight is 252 g/mol. The van der Waals surface area contributed by atoms with E-state index < -0.39 is 5.97 Å². The first kappa shape index (κ1) is 10.9. The Morgan fingerprint density at radius 2 is 2.31 bits per heavy atom. The first-order valence-corrected chi connectivity index (χ1v) is 5.63. The number of nitrogens with zero attached hydrogens (tertiary/aromatic N) is 1. The number of thiophene rings is 1. The molecule has 1 heterocycles. The zero-order chi connectivity index (χ0) is 11.7. The van der Waals surface area contributed by atoms with E-state index in [1.807, 2.05) is 6.07 Å². The van der Waals surface area contributed by atoms with Gasteiger partial charge in [0.1, 0.15) is 6.07 Å². The largest absolute Gasteiger partial charge is 0.465 e. The Morgan fingerprint density at radius 1 is 1.56 bits per heavy atom. The van der Waals surface area contributed by atoms with Gasteiger partial charge in [-0.2, -0.15) is 5.26 Å².